The van der Waals surface area contributed by atoms with E-state index in [2.05, 4.69) is 15.4 Å². The number of methoxy groups -OCH3 is 1. The molecule has 136 valence electrons. The molecule has 0 aliphatic carbocycles. The molecule has 0 unspecified atom stereocenters. The van der Waals surface area contributed by atoms with E-state index in [1.165, 1.54) is 18.1 Å². The smallest absolute Gasteiger partial charge is 0.373 e. The highest BCUT2D eigenvalue weighted by Crippen LogP contribution is 2.20. The SMILES string of the molecule is COC(=O)c1ccc(COC(=O)c2cc(C)n(Cc3cccs3)c2C)o1. The Kier molecular flexibility index (Phi) is 5.27. The van der Waals surface area contributed by atoms with Gasteiger partial charge in [-0.3, -0.25) is 0 Å². The van der Waals surface area contributed by atoms with Crippen molar-refractivity contribution < 1.29 is 23.5 Å². The molecular weight excluding hydrogens is 354 g/mol. The van der Waals surface area contributed by atoms with Gasteiger partial charge in [0, 0.05) is 16.3 Å². The van der Waals surface area contributed by atoms with Gasteiger partial charge in [-0.25, -0.2) is 9.59 Å². The fourth-order valence-corrected chi connectivity index (χ4v) is 3.38. The number of aromatic nitrogens is 1. The number of carbonyl (C=O) groups excluding carboxylic acids is 2. The normalized spacial score (nSPS) is 10.7. The van der Waals surface area contributed by atoms with Gasteiger partial charge < -0.3 is 18.5 Å². The Morgan fingerprint density at radius 3 is 2.69 bits per heavy atom. The summed E-state index contributed by atoms with van der Waals surface area (Å²) in [4.78, 5) is 25.0. The van der Waals surface area contributed by atoms with E-state index in [-0.39, 0.29) is 12.4 Å². The van der Waals surface area contributed by atoms with Crippen molar-refractivity contribution in [3.63, 3.8) is 0 Å². The number of esters is 2. The highest BCUT2D eigenvalue weighted by molar-refractivity contribution is 7.09. The van der Waals surface area contributed by atoms with Gasteiger partial charge in [0.2, 0.25) is 5.76 Å². The highest BCUT2D eigenvalue weighted by Gasteiger charge is 2.18. The molecule has 6 nitrogen and oxygen atoms in total. The zero-order valence-corrected chi connectivity index (χ0v) is 15.6. The third kappa shape index (κ3) is 3.72. The summed E-state index contributed by atoms with van der Waals surface area (Å²) in [5.41, 5.74) is 2.38. The van der Waals surface area contributed by atoms with Crippen LogP contribution in [0.15, 0.2) is 40.1 Å². The Morgan fingerprint density at radius 1 is 1.19 bits per heavy atom. The van der Waals surface area contributed by atoms with Crippen LogP contribution < -0.4 is 0 Å². The van der Waals surface area contributed by atoms with Crippen LogP contribution in [0.1, 0.15) is 42.9 Å². The molecule has 0 spiro atoms. The summed E-state index contributed by atoms with van der Waals surface area (Å²) >= 11 is 1.68. The number of hydrogen-bond donors (Lipinski definition) is 0. The van der Waals surface area contributed by atoms with Crippen molar-refractivity contribution >= 4 is 23.3 Å². The second-order valence-corrected chi connectivity index (χ2v) is 6.82. The molecule has 7 heteroatoms. The molecule has 3 aromatic rings. The van der Waals surface area contributed by atoms with E-state index in [1.54, 1.807) is 17.4 Å². The second kappa shape index (κ2) is 7.61. The van der Waals surface area contributed by atoms with E-state index >= 15 is 0 Å². The molecule has 0 amide bonds. The molecule has 3 aromatic heterocycles. The van der Waals surface area contributed by atoms with Crippen molar-refractivity contribution in [3.05, 3.63) is 69.1 Å². The maximum Gasteiger partial charge on any atom is 0.373 e. The van der Waals surface area contributed by atoms with E-state index in [0.717, 1.165) is 17.9 Å². The summed E-state index contributed by atoms with van der Waals surface area (Å²) in [6, 6.07) is 8.97. The Hall–Kier alpha value is -2.80. The molecule has 0 saturated carbocycles. The number of aryl methyl sites for hydroxylation is 1. The topological polar surface area (TPSA) is 70.7 Å². The third-order valence-corrected chi connectivity index (χ3v) is 4.94. The van der Waals surface area contributed by atoms with Crippen LogP contribution in [0.2, 0.25) is 0 Å². The highest BCUT2D eigenvalue weighted by atomic mass is 32.1. The average molecular weight is 373 g/mol. The lowest BCUT2D eigenvalue weighted by atomic mass is 10.2. The predicted molar refractivity (Wildman–Crippen MR) is 96.5 cm³/mol. The average Bonchev–Trinajstić information content (AvgIpc) is 3.36. The molecular formula is C19H19NO5S. The van der Waals surface area contributed by atoms with Crippen molar-refractivity contribution in [1.82, 2.24) is 4.57 Å². The molecule has 0 aliphatic rings. The first-order chi connectivity index (χ1) is 12.5. The van der Waals surface area contributed by atoms with Crippen molar-refractivity contribution in [1.29, 1.82) is 0 Å². The van der Waals surface area contributed by atoms with Crippen molar-refractivity contribution in [2.24, 2.45) is 0 Å². The number of thiophene rings is 1. The van der Waals surface area contributed by atoms with Gasteiger partial charge in [0.15, 0.2) is 0 Å². The van der Waals surface area contributed by atoms with Gasteiger partial charge in [-0.05, 0) is 43.5 Å². The molecule has 0 fully saturated rings. The molecule has 0 aliphatic heterocycles. The summed E-state index contributed by atoms with van der Waals surface area (Å²) in [7, 11) is 1.27. The number of nitrogens with zero attached hydrogens (tertiary/aromatic N) is 1. The molecule has 0 radical (unpaired) electrons. The monoisotopic (exact) mass is 373 g/mol. The van der Waals surface area contributed by atoms with Crippen LogP contribution in [-0.2, 0) is 22.6 Å². The molecule has 26 heavy (non-hydrogen) atoms. The first-order valence-electron chi connectivity index (χ1n) is 8.03. The number of furan rings is 1. The minimum atomic E-state index is -0.570. The van der Waals surface area contributed by atoms with Crippen molar-refractivity contribution in [2.45, 2.75) is 27.0 Å². The van der Waals surface area contributed by atoms with Crippen LogP contribution in [0.5, 0.6) is 0 Å². The van der Waals surface area contributed by atoms with Crippen LogP contribution in [0.25, 0.3) is 0 Å². The van der Waals surface area contributed by atoms with Gasteiger partial charge in [0.1, 0.15) is 12.4 Å². The lowest BCUT2D eigenvalue weighted by Gasteiger charge is -2.08. The van der Waals surface area contributed by atoms with Gasteiger partial charge in [-0.15, -0.1) is 11.3 Å². The molecule has 0 saturated heterocycles. The lowest BCUT2D eigenvalue weighted by Crippen LogP contribution is -2.08. The van der Waals surface area contributed by atoms with Crippen LogP contribution >= 0.6 is 11.3 Å². The standard InChI is InChI=1S/C19H19NO5S/c1-12-9-16(13(2)20(12)10-15-5-4-8-26-15)18(21)24-11-14-6-7-17(25-14)19(22)23-3/h4-9H,10-11H2,1-3H3. The number of ether oxygens (including phenoxy) is 2. The zero-order chi connectivity index (χ0) is 18.7. The predicted octanol–water partition coefficient (Wildman–Crippen LogP) is 3.95. The van der Waals surface area contributed by atoms with Gasteiger partial charge >= 0.3 is 11.9 Å². The van der Waals surface area contributed by atoms with Crippen LogP contribution in [0, 0.1) is 13.8 Å². The zero-order valence-electron chi connectivity index (χ0n) is 14.8. The van der Waals surface area contributed by atoms with Crippen LogP contribution in [-0.4, -0.2) is 23.6 Å². The number of rotatable bonds is 6. The number of hydrogen-bond acceptors (Lipinski definition) is 6. The first-order valence-corrected chi connectivity index (χ1v) is 8.91. The summed E-state index contributed by atoms with van der Waals surface area (Å²) in [5.74, 6) is -0.537. The molecule has 0 atom stereocenters. The summed E-state index contributed by atoms with van der Waals surface area (Å²) in [6.45, 7) is 4.54. The summed E-state index contributed by atoms with van der Waals surface area (Å²) in [6.07, 6.45) is 0. The second-order valence-electron chi connectivity index (χ2n) is 5.78. The number of carbonyl (C=O) groups is 2. The van der Waals surface area contributed by atoms with E-state index in [1.807, 2.05) is 31.4 Å². The van der Waals surface area contributed by atoms with Gasteiger partial charge in [-0.2, -0.15) is 0 Å². The maximum atomic E-state index is 12.4. The van der Waals surface area contributed by atoms with Gasteiger partial charge in [-0.1, -0.05) is 6.07 Å². The molecule has 3 heterocycles. The van der Waals surface area contributed by atoms with Crippen LogP contribution in [0.4, 0.5) is 0 Å². The Balaban J connectivity index is 1.68. The van der Waals surface area contributed by atoms with Crippen LogP contribution in [0.3, 0.4) is 0 Å². The molecule has 0 aromatic carbocycles. The minimum absolute atomic E-state index is 0.0512. The maximum absolute atomic E-state index is 12.4. The third-order valence-electron chi connectivity index (χ3n) is 4.08. The van der Waals surface area contributed by atoms with Gasteiger partial charge in [0.25, 0.3) is 0 Å². The first kappa shape index (κ1) is 18.0. The largest absolute Gasteiger partial charge is 0.463 e. The fraction of sp³-hybridized carbons (Fsp3) is 0.263. The summed E-state index contributed by atoms with van der Waals surface area (Å²) < 4.78 is 17.3. The summed E-state index contributed by atoms with van der Waals surface area (Å²) in [5, 5.41) is 2.03. The quantitative estimate of drug-likeness (QED) is 0.612. The fourth-order valence-electron chi connectivity index (χ4n) is 2.69. The van der Waals surface area contributed by atoms with E-state index in [0.29, 0.717) is 11.3 Å². The Morgan fingerprint density at radius 2 is 2.00 bits per heavy atom. The lowest BCUT2D eigenvalue weighted by molar-refractivity contribution is 0.0437. The van der Waals surface area contributed by atoms with Crippen molar-refractivity contribution in [2.75, 3.05) is 7.11 Å². The molecule has 0 N–H and O–H groups in total. The Bertz CT molecular complexity index is 920. The van der Waals surface area contributed by atoms with Gasteiger partial charge in [0.05, 0.1) is 19.2 Å². The molecule has 3 rings (SSSR count). The Labute approximate surface area is 155 Å². The van der Waals surface area contributed by atoms with E-state index in [9.17, 15) is 9.59 Å². The molecule has 0 bridgehead atoms. The minimum Gasteiger partial charge on any atom is -0.463 e. The van der Waals surface area contributed by atoms with E-state index < -0.39 is 11.9 Å². The van der Waals surface area contributed by atoms with Crippen molar-refractivity contribution in [3.8, 4) is 0 Å². The van der Waals surface area contributed by atoms with E-state index in [4.69, 9.17) is 9.15 Å².